The molecule has 0 aromatic carbocycles. The molecule has 20 heavy (non-hydrogen) atoms. The van der Waals surface area contributed by atoms with Crippen LogP contribution in [0, 0.1) is 5.92 Å². The minimum absolute atomic E-state index is 0.0522. The van der Waals surface area contributed by atoms with E-state index in [4.69, 9.17) is 9.16 Å². The van der Waals surface area contributed by atoms with Crippen molar-refractivity contribution in [1.82, 2.24) is 0 Å². The van der Waals surface area contributed by atoms with Crippen molar-refractivity contribution in [1.29, 1.82) is 0 Å². The quantitative estimate of drug-likeness (QED) is 0.573. The first-order chi connectivity index (χ1) is 8.73. The molecule has 0 amide bonds. The molecule has 0 aliphatic rings. The number of hydrogen-bond acceptors (Lipinski definition) is 5. The fourth-order valence-electron chi connectivity index (χ4n) is 1.76. The van der Waals surface area contributed by atoms with E-state index in [9.17, 15) is 9.59 Å². The molecule has 2 atom stereocenters. The molecule has 118 valence electrons. The molecular weight excluding hydrogens is 292 g/mol. The maximum absolute atomic E-state index is 12.4. The maximum atomic E-state index is 12.4. The summed E-state index contributed by atoms with van der Waals surface area (Å²) >= 11 is 1.23. The number of ether oxygens (including phenoxy) is 1. The first-order valence-corrected chi connectivity index (χ1v) is 11.0. The van der Waals surface area contributed by atoms with Crippen molar-refractivity contribution in [3.8, 4) is 0 Å². The average Bonchev–Trinajstić information content (AvgIpc) is 2.21. The molecule has 6 heteroatoms. The van der Waals surface area contributed by atoms with Gasteiger partial charge in [-0.25, -0.2) is 4.79 Å². The van der Waals surface area contributed by atoms with Crippen molar-refractivity contribution in [2.24, 2.45) is 5.92 Å². The second-order valence-corrected chi connectivity index (χ2v) is 13.3. The lowest BCUT2D eigenvalue weighted by atomic mass is 9.92. The van der Waals surface area contributed by atoms with E-state index in [0.29, 0.717) is 0 Å². The van der Waals surface area contributed by atoms with E-state index in [2.05, 4.69) is 0 Å². The van der Waals surface area contributed by atoms with Gasteiger partial charge in [-0.05, 0) is 26.6 Å². The molecule has 0 bridgehead atoms. The SMILES string of the molecule is COC(=O)[C@](C)(O[Si](C)(C)C)[C@H](C)C(=O)SC(C)(C)C. The standard InChI is InChI=1S/C14H28O4SSi/c1-10(11(15)19-13(2,3)4)14(5,12(16)17-6)18-20(7,8)9/h10H,1-9H3/t10-,14-/m1/s1. The third-order valence-corrected chi connectivity index (χ3v) is 4.90. The Morgan fingerprint density at radius 3 is 1.85 bits per heavy atom. The maximum Gasteiger partial charge on any atom is 0.337 e. The van der Waals surface area contributed by atoms with Crippen molar-refractivity contribution in [2.45, 2.75) is 64.6 Å². The molecule has 0 aromatic rings. The van der Waals surface area contributed by atoms with Crippen LogP contribution < -0.4 is 0 Å². The molecule has 0 fully saturated rings. The topological polar surface area (TPSA) is 52.6 Å². The zero-order chi connectivity index (χ0) is 16.4. The van der Waals surface area contributed by atoms with E-state index in [1.165, 1.54) is 18.9 Å². The highest BCUT2D eigenvalue weighted by Crippen LogP contribution is 2.35. The van der Waals surface area contributed by atoms with Gasteiger partial charge >= 0.3 is 5.97 Å². The van der Waals surface area contributed by atoms with Gasteiger partial charge in [0.2, 0.25) is 0 Å². The summed E-state index contributed by atoms with van der Waals surface area (Å²) in [5, 5.41) is -0.0522. The number of carbonyl (C=O) groups is 2. The second kappa shape index (κ2) is 6.62. The van der Waals surface area contributed by atoms with Crippen LogP contribution in [0.25, 0.3) is 0 Å². The highest BCUT2D eigenvalue weighted by Gasteiger charge is 2.48. The van der Waals surface area contributed by atoms with E-state index in [1.807, 2.05) is 40.4 Å². The van der Waals surface area contributed by atoms with Crippen LogP contribution in [0.2, 0.25) is 19.6 Å². The molecule has 0 spiro atoms. The van der Waals surface area contributed by atoms with Gasteiger partial charge in [0, 0.05) is 4.75 Å². The lowest BCUT2D eigenvalue weighted by molar-refractivity contribution is -0.164. The van der Waals surface area contributed by atoms with E-state index < -0.39 is 25.8 Å². The molecule has 0 saturated carbocycles. The molecule has 0 aliphatic carbocycles. The number of methoxy groups -OCH3 is 1. The van der Waals surface area contributed by atoms with Crippen LogP contribution in [0.15, 0.2) is 0 Å². The molecule has 4 nitrogen and oxygen atoms in total. The van der Waals surface area contributed by atoms with E-state index in [1.54, 1.807) is 13.8 Å². The Balaban J connectivity index is 5.33. The smallest absolute Gasteiger partial charge is 0.337 e. The fourth-order valence-corrected chi connectivity index (χ4v) is 4.30. The normalized spacial score (nSPS) is 17.2. The minimum Gasteiger partial charge on any atom is -0.467 e. The van der Waals surface area contributed by atoms with Gasteiger partial charge in [0.25, 0.3) is 0 Å². The predicted molar refractivity (Wildman–Crippen MR) is 86.4 cm³/mol. The summed E-state index contributed by atoms with van der Waals surface area (Å²) in [5.41, 5.74) is -1.23. The predicted octanol–water partition coefficient (Wildman–Crippen LogP) is 3.46. The Kier molecular flexibility index (Phi) is 6.51. The van der Waals surface area contributed by atoms with Gasteiger partial charge in [0.05, 0.1) is 13.0 Å². The van der Waals surface area contributed by atoms with Crippen molar-refractivity contribution in [3.05, 3.63) is 0 Å². The Bertz CT molecular complexity index is 370. The van der Waals surface area contributed by atoms with Gasteiger partial charge in [-0.1, -0.05) is 39.5 Å². The summed E-state index contributed by atoms with van der Waals surface area (Å²) in [6.45, 7) is 15.3. The third kappa shape index (κ3) is 5.97. The molecule has 0 unspecified atom stereocenters. The minimum atomic E-state index is -2.00. The van der Waals surface area contributed by atoms with Gasteiger partial charge in [0.15, 0.2) is 19.0 Å². The molecule has 0 rings (SSSR count). The van der Waals surface area contributed by atoms with Crippen molar-refractivity contribution in [2.75, 3.05) is 7.11 Å². The summed E-state index contributed by atoms with van der Waals surface area (Å²) < 4.78 is 10.7. The fraction of sp³-hybridized carbons (Fsp3) is 0.857. The van der Waals surface area contributed by atoms with E-state index >= 15 is 0 Å². The highest BCUT2D eigenvalue weighted by atomic mass is 32.2. The summed E-state index contributed by atoms with van der Waals surface area (Å²) in [4.78, 5) is 24.5. The van der Waals surface area contributed by atoms with Crippen molar-refractivity contribution >= 4 is 31.2 Å². The zero-order valence-electron chi connectivity index (χ0n) is 14.1. The molecule has 0 saturated heterocycles. The third-order valence-electron chi connectivity index (χ3n) is 2.70. The van der Waals surface area contributed by atoms with Crippen LogP contribution in [0.5, 0.6) is 0 Å². The molecular formula is C14H28O4SSi. The number of esters is 1. The second-order valence-electron chi connectivity index (χ2n) is 7.07. The van der Waals surface area contributed by atoms with Crippen LogP contribution in [0.1, 0.15) is 34.6 Å². The average molecular weight is 321 g/mol. The van der Waals surface area contributed by atoms with Gasteiger partial charge in [-0.15, -0.1) is 0 Å². The summed E-state index contributed by atoms with van der Waals surface area (Å²) in [5.74, 6) is -1.05. The lowest BCUT2D eigenvalue weighted by Gasteiger charge is -2.37. The number of carbonyl (C=O) groups excluding carboxylic acids is 2. The van der Waals surface area contributed by atoms with E-state index in [0.717, 1.165) is 0 Å². The number of hydrogen-bond donors (Lipinski definition) is 0. The summed E-state index contributed by atoms with van der Waals surface area (Å²) in [6, 6.07) is 0. The summed E-state index contributed by atoms with van der Waals surface area (Å²) in [6.07, 6.45) is 0. The van der Waals surface area contributed by atoms with Gasteiger partial charge in [-0.2, -0.15) is 0 Å². The van der Waals surface area contributed by atoms with Crippen molar-refractivity contribution < 1.29 is 18.8 Å². The van der Waals surface area contributed by atoms with Gasteiger partial charge in [-0.3, -0.25) is 4.79 Å². The zero-order valence-corrected chi connectivity index (χ0v) is 15.9. The monoisotopic (exact) mass is 320 g/mol. The van der Waals surface area contributed by atoms with Crippen molar-refractivity contribution in [3.63, 3.8) is 0 Å². The van der Waals surface area contributed by atoms with E-state index in [-0.39, 0.29) is 9.86 Å². The van der Waals surface area contributed by atoms with Gasteiger partial charge < -0.3 is 9.16 Å². The summed E-state index contributed by atoms with van der Waals surface area (Å²) in [7, 11) is -0.680. The van der Waals surface area contributed by atoms with Crippen LogP contribution >= 0.6 is 11.8 Å². The highest BCUT2D eigenvalue weighted by molar-refractivity contribution is 8.14. The Morgan fingerprint density at radius 2 is 1.55 bits per heavy atom. The first-order valence-electron chi connectivity index (χ1n) is 6.74. The number of thioether (sulfide) groups is 1. The van der Waals surface area contributed by atoms with Crippen LogP contribution in [0.3, 0.4) is 0 Å². The molecule has 0 aromatic heterocycles. The van der Waals surface area contributed by atoms with Crippen LogP contribution in [-0.4, -0.2) is 36.9 Å². The first kappa shape index (κ1) is 19.7. The van der Waals surface area contributed by atoms with Crippen LogP contribution in [0.4, 0.5) is 0 Å². The molecule has 0 N–H and O–H groups in total. The lowest BCUT2D eigenvalue weighted by Crippen LogP contribution is -2.53. The van der Waals surface area contributed by atoms with Crippen LogP contribution in [-0.2, 0) is 18.8 Å². The Labute approximate surface area is 128 Å². The molecule has 0 aliphatic heterocycles. The largest absolute Gasteiger partial charge is 0.467 e. The Hall–Kier alpha value is -0.333. The molecule has 0 heterocycles. The van der Waals surface area contributed by atoms with Gasteiger partial charge in [0.1, 0.15) is 0 Å². The molecule has 0 radical (unpaired) electrons. The number of rotatable bonds is 5. The Morgan fingerprint density at radius 1 is 1.10 bits per heavy atom.